The zero-order chi connectivity index (χ0) is 14.2. The van der Waals surface area contributed by atoms with E-state index in [4.69, 9.17) is 0 Å². The average Bonchev–Trinajstić information content (AvgIpc) is 2.52. The van der Waals surface area contributed by atoms with E-state index in [9.17, 15) is 0 Å². The third-order valence-electron chi connectivity index (χ3n) is 3.43. The highest BCUT2D eigenvalue weighted by Gasteiger charge is 1.96. The van der Waals surface area contributed by atoms with Crippen LogP contribution in [-0.2, 0) is 13.0 Å². The highest BCUT2D eigenvalue weighted by atomic mass is 32.2. The zero-order valence-corrected chi connectivity index (χ0v) is 13.2. The molecule has 0 bridgehead atoms. The minimum Gasteiger partial charge on any atom is -0.381 e. The molecule has 0 saturated carbocycles. The van der Waals surface area contributed by atoms with Gasteiger partial charge in [0.15, 0.2) is 0 Å². The minimum absolute atomic E-state index is 0.878. The van der Waals surface area contributed by atoms with Gasteiger partial charge >= 0.3 is 0 Å². The van der Waals surface area contributed by atoms with E-state index in [1.54, 1.807) is 11.8 Å². The third-order valence-corrected chi connectivity index (χ3v) is 4.17. The van der Waals surface area contributed by atoms with Gasteiger partial charge in [-0.25, -0.2) is 0 Å². The molecule has 0 heterocycles. The summed E-state index contributed by atoms with van der Waals surface area (Å²) in [6, 6.07) is 17.6. The lowest BCUT2D eigenvalue weighted by Crippen LogP contribution is -1.99. The summed E-state index contributed by atoms with van der Waals surface area (Å²) < 4.78 is 0. The summed E-state index contributed by atoms with van der Waals surface area (Å²) in [5.41, 5.74) is 3.94. The second-order valence-corrected chi connectivity index (χ2v) is 5.88. The summed E-state index contributed by atoms with van der Waals surface area (Å²) in [5, 5.41) is 3.47. The molecule has 2 heteroatoms. The van der Waals surface area contributed by atoms with Crippen molar-refractivity contribution >= 4 is 17.4 Å². The Labute approximate surface area is 126 Å². The first-order chi connectivity index (χ1) is 9.81. The Morgan fingerprint density at radius 3 is 2.15 bits per heavy atom. The van der Waals surface area contributed by atoms with E-state index < -0.39 is 0 Å². The number of hydrogen-bond acceptors (Lipinski definition) is 2. The van der Waals surface area contributed by atoms with Gasteiger partial charge in [0.2, 0.25) is 0 Å². The van der Waals surface area contributed by atoms with Gasteiger partial charge in [0.05, 0.1) is 0 Å². The van der Waals surface area contributed by atoms with Gasteiger partial charge in [0.25, 0.3) is 0 Å². The van der Waals surface area contributed by atoms with E-state index in [1.807, 2.05) is 0 Å². The van der Waals surface area contributed by atoms with Gasteiger partial charge in [-0.15, -0.1) is 11.8 Å². The maximum absolute atomic E-state index is 3.47. The van der Waals surface area contributed by atoms with Crippen LogP contribution in [0.15, 0.2) is 53.4 Å². The first kappa shape index (κ1) is 15.0. The predicted molar refractivity (Wildman–Crippen MR) is 90.6 cm³/mol. The van der Waals surface area contributed by atoms with E-state index >= 15 is 0 Å². The van der Waals surface area contributed by atoms with Crippen LogP contribution in [0, 0.1) is 0 Å². The van der Waals surface area contributed by atoms with Crippen LogP contribution >= 0.6 is 11.8 Å². The Hall–Kier alpha value is -1.41. The van der Waals surface area contributed by atoms with Gasteiger partial charge in [-0.2, -0.15) is 0 Å². The molecule has 0 unspecified atom stereocenters. The molecule has 2 rings (SSSR count). The lowest BCUT2D eigenvalue weighted by Gasteiger charge is -2.08. The molecule has 0 fully saturated rings. The smallest absolute Gasteiger partial charge is 0.0400 e. The zero-order valence-electron chi connectivity index (χ0n) is 12.4. The van der Waals surface area contributed by atoms with Crippen LogP contribution in [0.4, 0.5) is 5.69 Å². The molecule has 0 amide bonds. The first-order valence-corrected chi connectivity index (χ1v) is 8.50. The number of benzene rings is 2. The summed E-state index contributed by atoms with van der Waals surface area (Å²) in [6.07, 6.45) is 5.82. The largest absolute Gasteiger partial charge is 0.381 e. The molecule has 0 saturated heterocycles. The van der Waals surface area contributed by atoms with Crippen LogP contribution in [0.25, 0.3) is 0 Å². The van der Waals surface area contributed by atoms with Gasteiger partial charge in [-0.3, -0.25) is 0 Å². The van der Waals surface area contributed by atoms with Crippen molar-refractivity contribution < 1.29 is 0 Å². The Bertz CT molecular complexity index is 502. The van der Waals surface area contributed by atoms with Crippen molar-refractivity contribution in [2.45, 2.75) is 37.6 Å². The van der Waals surface area contributed by atoms with E-state index in [1.165, 1.54) is 41.0 Å². The second kappa shape index (κ2) is 8.01. The summed E-state index contributed by atoms with van der Waals surface area (Å²) in [6.45, 7) is 3.11. The molecule has 0 aromatic heterocycles. The maximum Gasteiger partial charge on any atom is 0.0400 e. The Morgan fingerprint density at radius 2 is 1.55 bits per heavy atom. The standard InChI is InChI=1S/C18H23NS/c1-3-4-5-15-6-10-17(11-7-15)19-14-16-8-12-18(20-2)13-9-16/h6-13,19H,3-5,14H2,1-2H3. The molecular weight excluding hydrogens is 262 g/mol. The van der Waals surface area contributed by atoms with Gasteiger partial charge in [0.1, 0.15) is 0 Å². The molecule has 20 heavy (non-hydrogen) atoms. The molecule has 1 N–H and O–H groups in total. The van der Waals surface area contributed by atoms with E-state index in [-0.39, 0.29) is 0 Å². The summed E-state index contributed by atoms with van der Waals surface area (Å²) in [5.74, 6) is 0. The summed E-state index contributed by atoms with van der Waals surface area (Å²) >= 11 is 1.78. The maximum atomic E-state index is 3.47. The highest BCUT2D eigenvalue weighted by molar-refractivity contribution is 7.98. The summed E-state index contributed by atoms with van der Waals surface area (Å²) in [4.78, 5) is 1.31. The minimum atomic E-state index is 0.878. The fraction of sp³-hybridized carbons (Fsp3) is 0.333. The molecule has 2 aromatic rings. The van der Waals surface area contributed by atoms with Crippen LogP contribution in [0.3, 0.4) is 0 Å². The van der Waals surface area contributed by atoms with Crippen molar-refractivity contribution in [3.8, 4) is 0 Å². The Kier molecular flexibility index (Phi) is 6.00. The predicted octanol–water partition coefficient (Wildman–Crippen LogP) is 5.36. The normalized spacial score (nSPS) is 10.5. The molecule has 0 aliphatic rings. The third kappa shape index (κ3) is 4.61. The Balaban J connectivity index is 1.86. The van der Waals surface area contributed by atoms with Crippen molar-refractivity contribution in [1.82, 2.24) is 0 Å². The number of aryl methyl sites for hydroxylation is 1. The number of anilines is 1. The monoisotopic (exact) mass is 285 g/mol. The number of hydrogen-bond donors (Lipinski definition) is 1. The highest BCUT2D eigenvalue weighted by Crippen LogP contribution is 2.16. The first-order valence-electron chi connectivity index (χ1n) is 7.27. The van der Waals surface area contributed by atoms with Crippen molar-refractivity contribution in [3.63, 3.8) is 0 Å². The van der Waals surface area contributed by atoms with Crippen LogP contribution in [-0.4, -0.2) is 6.26 Å². The van der Waals surface area contributed by atoms with Gasteiger partial charge in [0, 0.05) is 17.1 Å². The van der Waals surface area contributed by atoms with Crippen LogP contribution in [0.1, 0.15) is 30.9 Å². The van der Waals surface area contributed by atoms with Gasteiger partial charge < -0.3 is 5.32 Å². The van der Waals surface area contributed by atoms with Crippen molar-refractivity contribution in [3.05, 3.63) is 59.7 Å². The van der Waals surface area contributed by atoms with E-state index in [0.29, 0.717) is 0 Å². The molecule has 0 aliphatic carbocycles. The van der Waals surface area contributed by atoms with Gasteiger partial charge in [-0.05, 0) is 54.5 Å². The molecule has 1 nitrogen and oxygen atoms in total. The lowest BCUT2D eigenvalue weighted by atomic mass is 10.1. The number of rotatable bonds is 7. The van der Waals surface area contributed by atoms with Crippen molar-refractivity contribution in [2.24, 2.45) is 0 Å². The molecule has 0 atom stereocenters. The van der Waals surface area contributed by atoms with E-state index in [0.717, 1.165) is 6.54 Å². The Morgan fingerprint density at radius 1 is 0.900 bits per heavy atom. The van der Waals surface area contributed by atoms with Crippen LogP contribution in [0.5, 0.6) is 0 Å². The molecule has 106 valence electrons. The van der Waals surface area contributed by atoms with Gasteiger partial charge in [-0.1, -0.05) is 37.6 Å². The molecule has 0 aliphatic heterocycles. The van der Waals surface area contributed by atoms with Crippen LogP contribution in [0.2, 0.25) is 0 Å². The number of nitrogens with one attached hydrogen (secondary N) is 1. The molecule has 0 spiro atoms. The topological polar surface area (TPSA) is 12.0 Å². The molecule has 0 radical (unpaired) electrons. The average molecular weight is 285 g/mol. The SMILES string of the molecule is CCCCc1ccc(NCc2ccc(SC)cc2)cc1. The molecule has 2 aromatic carbocycles. The second-order valence-electron chi connectivity index (χ2n) is 5.00. The number of thioether (sulfide) groups is 1. The number of unbranched alkanes of at least 4 members (excludes halogenated alkanes) is 1. The fourth-order valence-corrected chi connectivity index (χ4v) is 2.53. The summed E-state index contributed by atoms with van der Waals surface area (Å²) in [7, 11) is 0. The fourth-order valence-electron chi connectivity index (χ4n) is 2.12. The molecular formula is C18H23NS. The van der Waals surface area contributed by atoms with Crippen molar-refractivity contribution in [2.75, 3.05) is 11.6 Å². The van der Waals surface area contributed by atoms with E-state index in [2.05, 4.69) is 67.0 Å². The quantitative estimate of drug-likeness (QED) is 0.687. The lowest BCUT2D eigenvalue weighted by molar-refractivity contribution is 0.795. The van der Waals surface area contributed by atoms with Crippen molar-refractivity contribution in [1.29, 1.82) is 0 Å². The van der Waals surface area contributed by atoms with Crippen LogP contribution < -0.4 is 5.32 Å².